The van der Waals surface area contributed by atoms with Gasteiger partial charge in [0.15, 0.2) is 0 Å². The first-order valence-electron chi connectivity index (χ1n) is 11.1. The fourth-order valence-electron chi connectivity index (χ4n) is 7.66. The first-order chi connectivity index (χ1) is 12.3. The number of hydrogen-bond acceptors (Lipinski definition) is 3. The summed E-state index contributed by atoms with van der Waals surface area (Å²) in [6.07, 6.45) is 10.7. The molecule has 0 radical (unpaired) electrons. The molecular weight excluding hydrogens is 324 g/mol. The lowest BCUT2D eigenvalue weighted by atomic mass is 9.45. The van der Waals surface area contributed by atoms with Crippen LogP contribution in [0.3, 0.4) is 0 Å². The van der Waals surface area contributed by atoms with Gasteiger partial charge in [0.1, 0.15) is 6.10 Å². The molecule has 148 valence electrons. The Morgan fingerprint density at radius 3 is 2.38 bits per heavy atom. The van der Waals surface area contributed by atoms with Crippen LogP contribution < -0.4 is 0 Å². The van der Waals surface area contributed by atoms with Crippen molar-refractivity contribution in [2.45, 2.75) is 97.7 Å². The zero-order valence-electron chi connectivity index (χ0n) is 17.2. The van der Waals surface area contributed by atoms with E-state index in [0.717, 1.165) is 37.0 Å². The molecule has 0 aromatic heterocycles. The molecule has 4 rings (SSSR count). The third-order valence-corrected chi connectivity index (χ3v) is 9.28. The molecule has 0 unspecified atom stereocenters. The molecule has 0 spiro atoms. The first kappa shape index (κ1) is 18.8. The van der Waals surface area contributed by atoms with E-state index in [1.807, 2.05) is 13.8 Å². The molecule has 4 aliphatic rings. The van der Waals surface area contributed by atoms with Crippen LogP contribution in [0.5, 0.6) is 0 Å². The van der Waals surface area contributed by atoms with Gasteiger partial charge in [-0.25, -0.2) is 0 Å². The predicted octanol–water partition coefficient (Wildman–Crippen LogP) is 4.96. The summed E-state index contributed by atoms with van der Waals surface area (Å²) < 4.78 is 6.00. The summed E-state index contributed by atoms with van der Waals surface area (Å²) in [5.74, 6) is 3.00. The third-order valence-electron chi connectivity index (χ3n) is 9.28. The maximum absolute atomic E-state index is 12.2. The summed E-state index contributed by atoms with van der Waals surface area (Å²) in [6, 6.07) is 0. The zero-order chi connectivity index (χ0) is 18.7. The number of fused-ring (bicyclic) bond motifs is 5. The van der Waals surface area contributed by atoms with Gasteiger partial charge in [0.25, 0.3) is 0 Å². The number of esters is 1. The van der Waals surface area contributed by atoms with E-state index in [1.54, 1.807) is 0 Å². The fraction of sp³-hybridized carbons (Fsp3) is 0.957. The quantitative estimate of drug-likeness (QED) is 0.706. The van der Waals surface area contributed by atoms with Gasteiger partial charge >= 0.3 is 5.97 Å². The standard InChI is InChI=1S/C23H38O3/c1-14(2)21(25)26-20-8-7-18-17-6-5-15-13-16(24)9-11-22(15,3)19(17)10-12-23(18,20)4/h14-20,24H,5-13H2,1-4H3/t15-,16-,17-,18-,19-,20-,22-,23-/m0/s1. The molecule has 26 heavy (non-hydrogen) atoms. The van der Waals surface area contributed by atoms with Gasteiger partial charge in [0.05, 0.1) is 12.0 Å². The molecule has 4 fully saturated rings. The van der Waals surface area contributed by atoms with Gasteiger partial charge in [-0.1, -0.05) is 27.7 Å². The highest BCUT2D eigenvalue weighted by atomic mass is 16.5. The van der Waals surface area contributed by atoms with Crippen molar-refractivity contribution in [1.82, 2.24) is 0 Å². The van der Waals surface area contributed by atoms with Gasteiger partial charge in [-0.2, -0.15) is 0 Å². The Kier molecular flexibility index (Phi) is 4.69. The molecule has 4 aliphatic carbocycles. The minimum Gasteiger partial charge on any atom is -0.462 e. The largest absolute Gasteiger partial charge is 0.462 e. The van der Waals surface area contributed by atoms with Crippen LogP contribution in [0.25, 0.3) is 0 Å². The number of hydrogen-bond donors (Lipinski definition) is 1. The van der Waals surface area contributed by atoms with E-state index in [-0.39, 0.29) is 29.5 Å². The third kappa shape index (κ3) is 2.75. The van der Waals surface area contributed by atoms with Gasteiger partial charge in [-0.05, 0) is 86.9 Å². The van der Waals surface area contributed by atoms with Crippen molar-refractivity contribution >= 4 is 5.97 Å². The van der Waals surface area contributed by atoms with E-state index in [2.05, 4.69) is 13.8 Å². The Balaban J connectivity index is 1.53. The fourth-order valence-corrected chi connectivity index (χ4v) is 7.66. The van der Waals surface area contributed by atoms with Crippen LogP contribution in [-0.2, 0) is 9.53 Å². The second-order valence-electron chi connectivity index (χ2n) is 10.8. The van der Waals surface area contributed by atoms with Crippen molar-refractivity contribution < 1.29 is 14.6 Å². The highest BCUT2D eigenvalue weighted by Crippen LogP contribution is 2.66. The van der Waals surface area contributed by atoms with Crippen molar-refractivity contribution in [1.29, 1.82) is 0 Å². The number of rotatable bonds is 2. The van der Waals surface area contributed by atoms with Crippen molar-refractivity contribution in [3.63, 3.8) is 0 Å². The van der Waals surface area contributed by atoms with Gasteiger partial charge in [-0.15, -0.1) is 0 Å². The Morgan fingerprint density at radius 2 is 1.65 bits per heavy atom. The van der Waals surface area contributed by atoms with Crippen LogP contribution in [0.4, 0.5) is 0 Å². The SMILES string of the molecule is CC(C)C(=O)O[C@H]1CC[C@H]2[C@@H]3CC[C@H]4C[C@@H](O)CC[C@]4(C)[C@H]3CC[C@]12C. The highest BCUT2D eigenvalue weighted by Gasteiger charge is 2.61. The lowest BCUT2D eigenvalue weighted by molar-refractivity contribution is -0.168. The monoisotopic (exact) mass is 362 g/mol. The molecule has 8 atom stereocenters. The Morgan fingerprint density at radius 1 is 0.962 bits per heavy atom. The van der Waals surface area contributed by atoms with Crippen LogP contribution in [0.1, 0.15) is 85.5 Å². The van der Waals surface area contributed by atoms with Gasteiger partial charge in [-0.3, -0.25) is 4.79 Å². The van der Waals surface area contributed by atoms with Gasteiger partial charge in [0.2, 0.25) is 0 Å². The molecule has 0 aromatic carbocycles. The summed E-state index contributed by atoms with van der Waals surface area (Å²) >= 11 is 0. The van der Waals surface area contributed by atoms with Crippen LogP contribution in [-0.4, -0.2) is 23.3 Å². The van der Waals surface area contributed by atoms with Crippen molar-refractivity contribution in [3.05, 3.63) is 0 Å². The average Bonchev–Trinajstić information content (AvgIpc) is 2.92. The van der Waals surface area contributed by atoms with Gasteiger partial charge < -0.3 is 9.84 Å². The molecule has 0 saturated heterocycles. The van der Waals surface area contributed by atoms with E-state index < -0.39 is 0 Å². The van der Waals surface area contributed by atoms with Crippen LogP contribution in [0.15, 0.2) is 0 Å². The smallest absolute Gasteiger partial charge is 0.308 e. The molecule has 0 amide bonds. The summed E-state index contributed by atoms with van der Waals surface area (Å²) in [6.45, 7) is 8.83. The van der Waals surface area contributed by atoms with E-state index in [4.69, 9.17) is 4.74 Å². The van der Waals surface area contributed by atoms with Crippen LogP contribution in [0.2, 0.25) is 0 Å². The minimum absolute atomic E-state index is 0.0177. The molecule has 1 N–H and O–H groups in total. The Labute approximate surface area is 159 Å². The molecule has 0 heterocycles. The lowest BCUT2D eigenvalue weighted by Crippen LogP contribution is -2.54. The Hall–Kier alpha value is -0.570. The Bertz CT molecular complexity index is 558. The normalized spacial score (nSPS) is 50.7. The molecular formula is C23H38O3. The van der Waals surface area contributed by atoms with Crippen molar-refractivity contribution in [2.24, 2.45) is 40.4 Å². The molecule has 0 bridgehead atoms. The summed E-state index contributed by atoms with van der Waals surface area (Å²) in [7, 11) is 0. The number of aliphatic hydroxyl groups excluding tert-OH is 1. The maximum atomic E-state index is 12.2. The number of carbonyl (C=O) groups excluding carboxylic acids is 1. The summed E-state index contributed by atoms with van der Waals surface area (Å²) in [4.78, 5) is 12.2. The van der Waals surface area contributed by atoms with Crippen molar-refractivity contribution in [2.75, 3.05) is 0 Å². The number of ether oxygens (including phenoxy) is 1. The highest BCUT2D eigenvalue weighted by molar-refractivity contribution is 5.71. The van der Waals surface area contributed by atoms with Crippen molar-refractivity contribution in [3.8, 4) is 0 Å². The second kappa shape index (κ2) is 6.50. The second-order valence-corrected chi connectivity index (χ2v) is 10.8. The molecule has 0 aliphatic heterocycles. The van der Waals surface area contributed by atoms with E-state index >= 15 is 0 Å². The first-order valence-corrected chi connectivity index (χ1v) is 11.1. The average molecular weight is 363 g/mol. The summed E-state index contributed by atoms with van der Waals surface area (Å²) in [5, 5.41) is 10.2. The van der Waals surface area contributed by atoms with E-state index in [1.165, 1.54) is 38.5 Å². The topological polar surface area (TPSA) is 46.5 Å². The summed E-state index contributed by atoms with van der Waals surface area (Å²) in [5.41, 5.74) is 0.610. The van der Waals surface area contributed by atoms with Crippen LogP contribution in [0, 0.1) is 40.4 Å². The number of aliphatic hydroxyl groups is 1. The zero-order valence-corrected chi connectivity index (χ0v) is 17.2. The lowest BCUT2D eigenvalue weighted by Gasteiger charge is -2.60. The van der Waals surface area contributed by atoms with Crippen LogP contribution >= 0.6 is 0 Å². The molecule has 4 saturated carbocycles. The maximum Gasteiger partial charge on any atom is 0.308 e. The molecule has 3 heteroatoms. The van der Waals surface area contributed by atoms with E-state index in [9.17, 15) is 9.90 Å². The van der Waals surface area contributed by atoms with E-state index in [0.29, 0.717) is 11.3 Å². The molecule has 0 aromatic rings. The molecule has 3 nitrogen and oxygen atoms in total. The van der Waals surface area contributed by atoms with Gasteiger partial charge in [0, 0.05) is 5.41 Å². The minimum atomic E-state index is -0.0650. The number of carbonyl (C=O) groups is 1. The predicted molar refractivity (Wildman–Crippen MR) is 102 cm³/mol.